The molecule has 1 aromatic rings. The van der Waals surface area contributed by atoms with Crippen LogP contribution in [-0.2, 0) is 0 Å². The van der Waals surface area contributed by atoms with Crippen LogP contribution in [0.2, 0.25) is 0 Å². The van der Waals surface area contributed by atoms with Crippen molar-refractivity contribution in [1.82, 2.24) is 0 Å². The summed E-state index contributed by atoms with van der Waals surface area (Å²) < 4.78 is 0. The Morgan fingerprint density at radius 1 is 1.11 bits per heavy atom. The molecule has 18 heavy (non-hydrogen) atoms. The molecule has 0 spiro atoms. The van der Waals surface area contributed by atoms with Crippen LogP contribution in [0.15, 0.2) is 24.3 Å². The maximum absolute atomic E-state index is 5.63. The lowest BCUT2D eigenvalue weighted by Gasteiger charge is -2.26. The Morgan fingerprint density at radius 2 is 1.72 bits per heavy atom. The third kappa shape index (κ3) is 3.35. The lowest BCUT2D eigenvalue weighted by molar-refractivity contribution is 0.348. The van der Waals surface area contributed by atoms with E-state index in [0.717, 1.165) is 24.8 Å². The maximum atomic E-state index is 5.63. The van der Waals surface area contributed by atoms with Crippen molar-refractivity contribution in [2.45, 2.75) is 57.8 Å². The Balaban J connectivity index is 1.99. The van der Waals surface area contributed by atoms with Gasteiger partial charge in [-0.05, 0) is 54.7 Å². The normalized spacial score (nSPS) is 25.9. The van der Waals surface area contributed by atoms with E-state index in [1.54, 1.807) is 5.56 Å². The first-order chi connectivity index (χ1) is 8.70. The van der Waals surface area contributed by atoms with Gasteiger partial charge in [-0.1, -0.05) is 51.0 Å². The molecule has 2 rings (SSSR count). The van der Waals surface area contributed by atoms with Gasteiger partial charge in [-0.2, -0.15) is 0 Å². The fraction of sp³-hybridized carbons (Fsp3) is 0.647. The molecule has 0 aliphatic heterocycles. The van der Waals surface area contributed by atoms with Crippen LogP contribution in [0, 0.1) is 5.92 Å². The molecule has 100 valence electrons. The maximum Gasteiger partial charge on any atom is -0.00715 e. The standard InChI is InChI=1S/C17H27N/c1-13-3-5-16(6-4-13)17-9-7-15(8-10-17)14(2)11-12-18/h7-10,13-14,16H,3-6,11-12,18H2,1-2H3. The molecule has 1 unspecified atom stereocenters. The van der Waals surface area contributed by atoms with E-state index >= 15 is 0 Å². The topological polar surface area (TPSA) is 26.0 Å². The second kappa shape index (κ2) is 6.38. The molecule has 1 heteroatoms. The van der Waals surface area contributed by atoms with Crippen LogP contribution < -0.4 is 5.73 Å². The smallest absolute Gasteiger partial charge is 0.00715 e. The molecule has 1 fully saturated rings. The molecule has 0 heterocycles. The molecule has 0 radical (unpaired) electrons. The molecule has 0 amide bonds. The number of hydrogen-bond donors (Lipinski definition) is 1. The molecule has 0 saturated heterocycles. The molecule has 0 bridgehead atoms. The van der Waals surface area contributed by atoms with Crippen LogP contribution in [0.25, 0.3) is 0 Å². The van der Waals surface area contributed by atoms with Gasteiger partial charge in [-0.15, -0.1) is 0 Å². The van der Waals surface area contributed by atoms with Crippen molar-refractivity contribution in [3.63, 3.8) is 0 Å². The van der Waals surface area contributed by atoms with Gasteiger partial charge in [0.25, 0.3) is 0 Å². The second-order valence-electron chi connectivity index (χ2n) is 6.10. The molecular weight excluding hydrogens is 218 g/mol. The Kier molecular flexibility index (Phi) is 4.82. The predicted molar refractivity (Wildman–Crippen MR) is 78.9 cm³/mol. The third-order valence-corrected chi connectivity index (χ3v) is 4.59. The summed E-state index contributed by atoms with van der Waals surface area (Å²) in [6, 6.07) is 9.33. The van der Waals surface area contributed by atoms with Crippen LogP contribution >= 0.6 is 0 Å². The zero-order chi connectivity index (χ0) is 13.0. The fourth-order valence-electron chi connectivity index (χ4n) is 3.11. The van der Waals surface area contributed by atoms with Gasteiger partial charge in [-0.25, -0.2) is 0 Å². The van der Waals surface area contributed by atoms with Gasteiger partial charge < -0.3 is 5.73 Å². The van der Waals surface area contributed by atoms with E-state index in [2.05, 4.69) is 38.1 Å². The highest BCUT2D eigenvalue weighted by atomic mass is 14.5. The van der Waals surface area contributed by atoms with E-state index in [1.165, 1.54) is 31.2 Å². The Labute approximate surface area is 112 Å². The van der Waals surface area contributed by atoms with E-state index < -0.39 is 0 Å². The highest BCUT2D eigenvalue weighted by Gasteiger charge is 2.19. The predicted octanol–water partition coefficient (Wildman–Crippen LogP) is 4.43. The second-order valence-corrected chi connectivity index (χ2v) is 6.10. The van der Waals surface area contributed by atoms with Gasteiger partial charge in [0.05, 0.1) is 0 Å². The van der Waals surface area contributed by atoms with Gasteiger partial charge in [-0.3, -0.25) is 0 Å². The van der Waals surface area contributed by atoms with Crippen molar-refractivity contribution in [2.24, 2.45) is 11.7 Å². The molecule has 1 aromatic carbocycles. The monoisotopic (exact) mass is 245 g/mol. The minimum atomic E-state index is 0.593. The molecule has 1 nitrogen and oxygen atoms in total. The van der Waals surface area contributed by atoms with E-state index in [4.69, 9.17) is 5.73 Å². The number of hydrogen-bond acceptors (Lipinski definition) is 1. The van der Waals surface area contributed by atoms with Crippen LogP contribution in [0.4, 0.5) is 0 Å². The molecule has 2 N–H and O–H groups in total. The average molecular weight is 245 g/mol. The van der Waals surface area contributed by atoms with Gasteiger partial charge in [0.15, 0.2) is 0 Å². The molecule has 1 atom stereocenters. The molecular formula is C17H27N. The van der Waals surface area contributed by atoms with Crippen molar-refractivity contribution in [3.8, 4) is 0 Å². The minimum Gasteiger partial charge on any atom is -0.330 e. The highest BCUT2D eigenvalue weighted by molar-refractivity contribution is 5.27. The summed E-state index contributed by atoms with van der Waals surface area (Å²) in [5.74, 6) is 2.33. The molecule has 1 aliphatic rings. The largest absolute Gasteiger partial charge is 0.330 e. The summed E-state index contributed by atoms with van der Waals surface area (Å²) in [6.45, 7) is 5.43. The van der Waals surface area contributed by atoms with Crippen LogP contribution in [-0.4, -0.2) is 6.54 Å². The van der Waals surface area contributed by atoms with Crippen LogP contribution in [0.5, 0.6) is 0 Å². The van der Waals surface area contributed by atoms with E-state index in [9.17, 15) is 0 Å². The van der Waals surface area contributed by atoms with Gasteiger partial charge in [0, 0.05) is 0 Å². The molecule has 1 aliphatic carbocycles. The molecule has 0 aromatic heterocycles. The first kappa shape index (κ1) is 13.6. The van der Waals surface area contributed by atoms with Gasteiger partial charge in [0.2, 0.25) is 0 Å². The summed E-state index contributed by atoms with van der Waals surface area (Å²) >= 11 is 0. The highest BCUT2D eigenvalue weighted by Crippen LogP contribution is 2.35. The van der Waals surface area contributed by atoms with Gasteiger partial charge in [0.1, 0.15) is 0 Å². The Morgan fingerprint density at radius 3 is 2.28 bits per heavy atom. The summed E-state index contributed by atoms with van der Waals surface area (Å²) in [5.41, 5.74) is 8.61. The zero-order valence-corrected chi connectivity index (χ0v) is 11.9. The van der Waals surface area contributed by atoms with Crippen LogP contribution in [0.3, 0.4) is 0 Å². The SMILES string of the molecule is CC1CCC(c2ccc(C(C)CCN)cc2)CC1. The minimum absolute atomic E-state index is 0.593. The lowest BCUT2D eigenvalue weighted by Crippen LogP contribution is -2.11. The lowest BCUT2D eigenvalue weighted by atomic mass is 9.79. The van der Waals surface area contributed by atoms with Crippen molar-refractivity contribution in [3.05, 3.63) is 35.4 Å². The first-order valence-corrected chi connectivity index (χ1v) is 7.50. The number of benzene rings is 1. The summed E-state index contributed by atoms with van der Waals surface area (Å²) in [7, 11) is 0. The fourth-order valence-corrected chi connectivity index (χ4v) is 3.11. The van der Waals surface area contributed by atoms with Gasteiger partial charge >= 0.3 is 0 Å². The van der Waals surface area contributed by atoms with Crippen molar-refractivity contribution >= 4 is 0 Å². The third-order valence-electron chi connectivity index (χ3n) is 4.59. The number of nitrogens with two attached hydrogens (primary N) is 1. The zero-order valence-electron chi connectivity index (χ0n) is 11.9. The van der Waals surface area contributed by atoms with E-state index in [0.29, 0.717) is 5.92 Å². The Hall–Kier alpha value is -0.820. The Bertz CT molecular complexity index is 346. The average Bonchev–Trinajstić information content (AvgIpc) is 2.40. The van der Waals surface area contributed by atoms with E-state index in [1.807, 2.05) is 0 Å². The quantitative estimate of drug-likeness (QED) is 0.834. The summed E-state index contributed by atoms with van der Waals surface area (Å²) in [4.78, 5) is 0. The number of rotatable bonds is 4. The summed E-state index contributed by atoms with van der Waals surface area (Å²) in [6.07, 6.45) is 6.63. The van der Waals surface area contributed by atoms with Crippen molar-refractivity contribution in [2.75, 3.05) is 6.54 Å². The summed E-state index contributed by atoms with van der Waals surface area (Å²) in [5, 5.41) is 0. The first-order valence-electron chi connectivity index (χ1n) is 7.50. The van der Waals surface area contributed by atoms with Crippen LogP contribution in [0.1, 0.15) is 68.9 Å². The van der Waals surface area contributed by atoms with E-state index in [-0.39, 0.29) is 0 Å². The van der Waals surface area contributed by atoms with Crippen molar-refractivity contribution in [1.29, 1.82) is 0 Å². The molecule has 1 saturated carbocycles. The van der Waals surface area contributed by atoms with Crippen molar-refractivity contribution < 1.29 is 0 Å².